The summed E-state index contributed by atoms with van der Waals surface area (Å²) in [6, 6.07) is 3.96. The van der Waals surface area contributed by atoms with Crippen molar-refractivity contribution in [2.24, 2.45) is 5.92 Å². The van der Waals surface area contributed by atoms with Crippen LogP contribution in [0.3, 0.4) is 0 Å². The number of carbonyl (C=O) groups is 1. The van der Waals surface area contributed by atoms with Gasteiger partial charge < -0.3 is 17.7 Å². The Bertz CT molecular complexity index is 337. The fourth-order valence-corrected chi connectivity index (χ4v) is 2.24. The zero-order chi connectivity index (χ0) is 11.2. The molecule has 0 saturated heterocycles. The maximum atomic E-state index is 11.9. The molecule has 94 valence electrons. The maximum Gasteiger partial charge on any atom is 0.223 e. The molecule has 0 aromatic carbocycles. The van der Waals surface area contributed by atoms with Crippen LogP contribution in [0.25, 0.3) is 0 Å². The molecular weight excluding hydrogens is 236 g/mol. The van der Waals surface area contributed by atoms with Gasteiger partial charge in [-0.1, -0.05) is 19.3 Å². The third-order valence-electron chi connectivity index (χ3n) is 3.21. The number of carbonyl (C=O) groups excluding carboxylic acids is 1. The van der Waals surface area contributed by atoms with Crippen LogP contribution in [0.5, 0.6) is 0 Å². The molecule has 1 aromatic heterocycles. The van der Waals surface area contributed by atoms with E-state index in [-0.39, 0.29) is 24.2 Å². The van der Waals surface area contributed by atoms with Crippen LogP contribution in [0, 0.1) is 5.92 Å². The molecule has 0 unspecified atom stereocenters. The van der Waals surface area contributed by atoms with Crippen molar-refractivity contribution in [3.05, 3.63) is 30.1 Å². The number of aromatic nitrogens is 1. The Morgan fingerprint density at radius 3 is 2.76 bits per heavy atom. The van der Waals surface area contributed by atoms with Crippen LogP contribution in [0.2, 0.25) is 0 Å². The first kappa shape index (κ1) is 14.0. The highest BCUT2D eigenvalue weighted by Crippen LogP contribution is 2.23. The summed E-state index contributed by atoms with van der Waals surface area (Å²) >= 11 is 0. The molecule has 0 radical (unpaired) electrons. The maximum absolute atomic E-state index is 11.9. The molecule has 1 aromatic rings. The second-order valence-corrected chi connectivity index (χ2v) is 4.46. The predicted molar refractivity (Wildman–Crippen MR) is 61.4 cm³/mol. The normalized spacial score (nSPS) is 16.0. The lowest BCUT2D eigenvalue weighted by Crippen LogP contribution is -3.00. The Labute approximate surface area is 108 Å². The van der Waals surface area contributed by atoms with E-state index < -0.39 is 0 Å². The van der Waals surface area contributed by atoms with Gasteiger partial charge in [0.05, 0.1) is 0 Å². The minimum Gasteiger partial charge on any atom is -1.00 e. The van der Waals surface area contributed by atoms with Crippen molar-refractivity contribution < 1.29 is 22.2 Å². The summed E-state index contributed by atoms with van der Waals surface area (Å²) in [7, 11) is 0. The molecule has 1 aliphatic rings. The lowest BCUT2D eigenvalue weighted by atomic mass is 9.88. The van der Waals surface area contributed by atoms with E-state index >= 15 is 0 Å². The second-order valence-electron chi connectivity index (χ2n) is 4.46. The number of hydrogen-bond acceptors (Lipinski definition) is 1. The van der Waals surface area contributed by atoms with Crippen molar-refractivity contribution >= 4 is 5.91 Å². The molecule has 1 amide bonds. The smallest absolute Gasteiger partial charge is 0.223 e. The largest absolute Gasteiger partial charge is 1.00 e. The number of pyridine rings is 1. The summed E-state index contributed by atoms with van der Waals surface area (Å²) < 4.78 is 0. The summed E-state index contributed by atoms with van der Waals surface area (Å²) in [6.45, 7) is 0.632. The van der Waals surface area contributed by atoms with E-state index in [1.165, 1.54) is 19.3 Å². The van der Waals surface area contributed by atoms with Crippen LogP contribution in [0.15, 0.2) is 24.5 Å². The Morgan fingerprint density at radius 1 is 1.35 bits per heavy atom. The molecule has 2 rings (SSSR count). The first-order valence-corrected chi connectivity index (χ1v) is 6.09. The molecule has 0 spiro atoms. The Hall–Kier alpha value is -1.09. The van der Waals surface area contributed by atoms with Gasteiger partial charge in [0.1, 0.15) is 0 Å². The number of rotatable bonds is 3. The molecule has 4 heteroatoms. The highest BCUT2D eigenvalue weighted by Gasteiger charge is 2.20. The van der Waals surface area contributed by atoms with Gasteiger partial charge in [-0.2, -0.15) is 0 Å². The van der Waals surface area contributed by atoms with Crippen LogP contribution in [-0.2, 0) is 11.3 Å². The molecule has 3 nitrogen and oxygen atoms in total. The highest BCUT2D eigenvalue weighted by atomic mass is 35.5. The van der Waals surface area contributed by atoms with E-state index in [0.717, 1.165) is 18.4 Å². The lowest BCUT2D eigenvalue weighted by molar-refractivity contribution is -0.378. The minimum absolute atomic E-state index is 0. The second kappa shape index (κ2) is 7.28. The molecule has 0 aliphatic heterocycles. The summed E-state index contributed by atoms with van der Waals surface area (Å²) in [5.74, 6) is 0.477. The van der Waals surface area contributed by atoms with Gasteiger partial charge in [0.15, 0.2) is 12.4 Å². The van der Waals surface area contributed by atoms with Gasteiger partial charge in [0.25, 0.3) is 0 Å². The van der Waals surface area contributed by atoms with Crippen molar-refractivity contribution in [2.45, 2.75) is 38.6 Å². The zero-order valence-corrected chi connectivity index (χ0v) is 10.7. The number of nitrogens with one attached hydrogen (secondary N) is 2. The van der Waals surface area contributed by atoms with Crippen molar-refractivity contribution in [1.82, 2.24) is 5.32 Å². The van der Waals surface area contributed by atoms with Gasteiger partial charge in [-0.3, -0.25) is 4.79 Å². The number of aromatic amines is 1. The van der Waals surface area contributed by atoms with Crippen molar-refractivity contribution in [2.75, 3.05) is 0 Å². The molecule has 1 aliphatic carbocycles. The van der Waals surface area contributed by atoms with Gasteiger partial charge in [-0.25, -0.2) is 4.98 Å². The summed E-state index contributed by atoms with van der Waals surface area (Å²) in [4.78, 5) is 14.9. The van der Waals surface area contributed by atoms with E-state index in [4.69, 9.17) is 0 Å². The predicted octanol–water partition coefficient (Wildman–Crippen LogP) is -1.30. The monoisotopic (exact) mass is 254 g/mol. The SMILES string of the molecule is O=C(NCc1ccc[nH+]c1)C1CCCCC1.[Cl-]. The van der Waals surface area contributed by atoms with E-state index in [9.17, 15) is 4.79 Å². The average Bonchev–Trinajstić information content (AvgIpc) is 2.38. The van der Waals surface area contributed by atoms with E-state index in [1.54, 1.807) is 0 Å². The van der Waals surface area contributed by atoms with Crippen LogP contribution >= 0.6 is 0 Å². The van der Waals surface area contributed by atoms with Gasteiger partial charge >= 0.3 is 0 Å². The number of amides is 1. The summed E-state index contributed by atoms with van der Waals surface area (Å²) in [5, 5.41) is 3.01. The van der Waals surface area contributed by atoms with Crippen LogP contribution in [-0.4, -0.2) is 5.91 Å². The first-order chi connectivity index (χ1) is 7.86. The number of H-pyrrole nitrogens is 1. The highest BCUT2D eigenvalue weighted by molar-refractivity contribution is 5.78. The fourth-order valence-electron chi connectivity index (χ4n) is 2.24. The molecule has 0 atom stereocenters. The van der Waals surface area contributed by atoms with Crippen LogP contribution in [0.4, 0.5) is 0 Å². The topological polar surface area (TPSA) is 43.2 Å². The lowest BCUT2D eigenvalue weighted by Gasteiger charge is -2.20. The first-order valence-electron chi connectivity index (χ1n) is 6.09. The third kappa shape index (κ3) is 4.35. The quantitative estimate of drug-likeness (QED) is 0.716. The van der Waals surface area contributed by atoms with E-state index in [0.29, 0.717) is 6.54 Å². The Morgan fingerprint density at radius 2 is 2.12 bits per heavy atom. The minimum atomic E-state index is 0. The molecule has 1 heterocycles. The molecular formula is C13H19ClN2O. The molecule has 0 bridgehead atoms. The van der Waals surface area contributed by atoms with Crippen LogP contribution in [0.1, 0.15) is 37.7 Å². The Kier molecular flexibility index (Phi) is 5.98. The van der Waals surface area contributed by atoms with Crippen LogP contribution < -0.4 is 22.7 Å². The van der Waals surface area contributed by atoms with Crippen molar-refractivity contribution in [3.8, 4) is 0 Å². The zero-order valence-electron chi connectivity index (χ0n) is 9.92. The van der Waals surface area contributed by atoms with Crippen molar-refractivity contribution in [1.29, 1.82) is 0 Å². The number of halogens is 1. The van der Waals surface area contributed by atoms with Gasteiger partial charge in [-0.05, 0) is 18.9 Å². The molecule has 2 N–H and O–H groups in total. The fraction of sp³-hybridized carbons (Fsp3) is 0.538. The molecule has 1 fully saturated rings. The van der Waals surface area contributed by atoms with Gasteiger partial charge in [0, 0.05) is 24.1 Å². The third-order valence-corrected chi connectivity index (χ3v) is 3.21. The van der Waals surface area contributed by atoms with E-state index in [2.05, 4.69) is 10.3 Å². The summed E-state index contributed by atoms with van der Waals surface area (Å²) in [6.07, 6.45) is 9.61. The van der Waals surface area contributed by atoms with Crippen molar-refractivity contribution in [3.63, 3.8) is 0 Å². The molecule has 17 heavy (non-hydrogen) atoms. The van der Waals surface area contributed by atoms with Gasteiger partial charge in [-0.15, -0.1) is 0 Å². The van der Waals surface area contributed by atoms with Gasteiger partial charge in [0.2, 0.25) is 5.91 Å². The molecule has 1 saturated carbocycles. The average molecular weight is 255 g/mol. The summed E-state index contributed by atoms with van der Waals surface area (Å²) in [5.41, 5.74) is 1.12. The Balaban J connectivity index is 0.00000144. The van der Waals surface area contributed by atoms with E-state index in [1.807, 2.05) is 24.5 Å². The standard InChI is InChI=1S/C13H18N2O.ClH/c16-13(12-6-2-1-3-7-12)15-10-11-5-4-8-14-9-11;/h4-5,8-9,12H,1-3,6-7,10H2,(H,15,16);1H. The number of hydrogen-bond donors (Lipinski definition) is 1.